The van der Waals surface area contributed by atoms with E-state index in [1.54, 1.807) is 18.2 Å². The van der Waals surface area contributed by atoms with Gasteiger partial charge in [-0.3, -0.25) is 4.79 Å². The van der Waals surface area contributed by atoms with E-state index in [1.165, 1.54) is 18.2 Å². The Morgan fingerprint density at radius 1 is 1.12 bits per heavy atom. The molecule has 1 heterocycles. The van der Waals surface area contributed by atoms with Crippen LogP contribution in [-0.4, -0.2) is 58.6 Å². The average molecular weight is 456 g/mol. The van der Waals surface area contributed by atoms with Crippen LogP contribution in [0.2, 0.25) is 0 Å². The molecular formula is C24H24O9. The van der Waals surface area contributed by atoms with E-state index in [4.69, 9.17) is 14.6 Å². The quantitative estimate of drug-likeness (QED) is 0.375. The van der Waals surface area contributed by atoms with Gasteiger partial charge in [0.05, 0.1) is 12.0 Å². The molecule has 9 heteroatoms. The number of aldehydes is 1. The smallest absolute Gasteiger partial charge is 0.331 e. The van der Waals surface area contributed by atoms with Gasteiger partial charge in [-0.15, -0.1) is 0 Å². The van der Waals surface area contributed by atoms with Gasteiger partial charge in [-0.2, -0.15) is 0 Å². The lowest BCUT2D eigenvalue weighted by Gasteiger charge is -2.25. The monoisotopic (exact) mass is 456 g/mol. The van der Waals surface area contributed by atoms with Gasteiger partial charge in [0.1, 0.15) is 30.0 Å². The van der Waals surface area contributed by atoms with Crippen LogP contribution in [0.4, 0.5) is 0 Å². The number of fused-ring (bicyclic) bond motifs is 2. The number of ether oxygens (including phenoxy) is 2. The molecule has 0 amide bonds. The molecule has 2 aromatic carbocycles. The Labute approximate surface area is 188 Å². The molecule has 0 saturated carbocycles. The van der Waals surface area contributed by atoms with Crippen molar-refractivity contribution >= 4 is 23.0 Å². The number of phenolic OH excluding ortho intramolecular Hbond substituents is 1. The van der Waals surface area contributed by atoms with Crippen molar-refractivity contribution < 1.29 is 39.5 Å². The van der Waals surface area contributed by atoms with Gasteiger partial charge >= 0.3 is 5.97 Å². The molecule has 4 N–H and O–H groups in total. The second kappa shape index (κ2) is 10.3. The van der Waals surface area contributed by atoms with Gasteiger partial charge in [0.2, 0.25) is 5.43 Å². The summed E-state index contributed by atoms with van der Waals surface area (Å²) in [5.74, 6) is -1.30. The number of carbonyl (C=O) groups is 2. The number of esters is 1. The number of aliphatic hydroxyl groups is 2. The zero-order valence-corrected chi connectivity index (χ0v) is 17.9. The molecule has 0 aromatic heterocycles. The predicted molar refractivity (Wildman–Crippen MR) is 118 cm³/mol. The Bertz CT molecular complexity index is 1200. The fraction of sp³-hybridized carbons (Fsp3) is 0.292. The van der Waals surface area contributed by atoms with E-state index in [0.717, 1.165) is 7.11 Å². The summed E-state index contributed by atoms with van der Waals surface area (Å²) in [6.07, 6.45) is 2.91. The topological polar surface area (TPSA) is 151 Å². The molecule has 0 fully saturated rings. The van der Waals surface area contributed by atoms with E-state index < -0.39 is 29.4 Å². The number of aromatic hydroxyl groups is 2. The van der Waals surface area contributed by atoms with Crippen molar-refractivity contribution in [2.24, 2.45) is 0 Å². The van der Waals surface area contributed by atoms with Crippen molar-refractivity contribution in [3.8, 4) is 11.5 Å². The van der Waals surface area contributed by atoms with Crippen LogP contribution < -0.4 is 5.43 Å². The van der Waals surface area contributed by atoms with Crippen LogP contribution >= 0.6 is 0 Å². The van der Waals surface area contributed by atoms with Crippen molar-refractivity contribution in [3.05, 3.63) is 69.1 Å². The molecule has 2 unspecified atom stereocenters. The van der Waals surface area contributed by atoms with Gasteiger partial charge in [0, 0.05) is 37.2 Å². The molecule has 2 aliphatic rings. The highest BCUT2D eigenvalue weighted by Gasteiger charge is 2.34. The maximum absolute atomic E-state index is 12.5. The van der Waals surface area contributed by atoms with Crippen LogP contribution in [0.5, 0.6) is 11.5 Å². The van der Waals surface area contributed by atoms with Gasteiger partial charge in [-0.25, -0.2) is 4.79 Å². The summed E-state index contributed by atoms with van der Waals surface area (Å²) in [5, 5.41) is 38.1. The summed E-state index contributed by atoms with van der Waals surface area (Å²) in [4.78, 5) is 34.7. The molecule has 1 aliphatic carbocycles. The standard InChI is InChI=1S/C23H20O8.CH4O/c24-5-3-13-1-2-14-7-12(8-17(26)23(29)21(14)22(13)28)4-6-30-19-11-18-15(9-16(19)25)10-20(27)31-18;1-2/h1-2,5,7-10,18-19,25,28H,3-4,6,11H2,(H,26,29);2H,1H3. The molecule has 0 radical (unpaired) electrons. The van der Waals surface area contributed by atoms with E-state index >= 15 is 0 Å². The number of aliphatic hydroxyl groups excluding tert-OH is 2. The average Bonchev–Trinajstić information content (AvgIpc) is 3.09. The summed E-state index contributed by atoms with van der Waals surface area (Å²) in [6, 6.07) is 6.12. The molecule has 2 atom stereocenters. The van der Waals surface area contributed by atoms with Gasteiger partial charge in [-0.05, 0) is 29.5 Å². The fourth-order valence-corrected chi connectivity index (χ4v) is 3.86. The predicted octanol–water partition coefficient (Wildman–Crippen LogP) is 1.59. The van der Waals surface area contributed by atoms with Crippen molar-refractivity contribution in [1.82, 2.24) is 0 Å². The van der Waals surface area contributed by atoms with Gasteiger partial charge in [0.15, 0.2) is 5.75 Å². The highest BCUT2D eigenvalue weighted by atomic mass is 16.6. The first kappa shape index (κ1) is 24.0. The number of rotatable bonds is 6. The first-order chi connectivity index (χ1) is 15.9. The summed E-state index contributed by atoms with van der Waals surface area (Å²) >= 11 is 0. The first-order valence-corrected chi connectivity index (χ1v) is 10.2. The summed E-state index contributed by atoms with van der Waals surface area (Å²) in [7, 11) is 1.00. The highest BCUT2D eigenvalue weighted by molar-refractivity contribution is 5.90. The minimum Gasteiger partial charge on any atom is -0.510 e. The third kappa shape index (κ3) is 5.05. The normalized spacial score (nSPS) is 19.0. The van der Waals surface area contributed by atoms with Gasteiger partial charge in [-0.1, -0.05) is 18.2 Å². The minimum atomic E-state index is -0.734. The summed E-state index contributed by atoms with van der Waals surface area (Å²) < 4.78 is 10.9. The summed E-state index contributed by atoms with van der Waals surface area (Å²) in [5.41, 5.74) is 0.767. The Kier molecular flexibility index (Phi) is 7.47. The van der Waals surface area contributed by atoms with E-state index in [-0.39, 0.29) is 29.9 Å². The second-order valence-electron chi connectivity index (χ2n) is 7.47. The lowest BCUT2D eigenvalue weighted by Crippen LogP contribution is -2.29. The third-order valence-corrected chi connectivity index (χ3v) is 5.42. The molecular weight excluding hydrogens is 432 g/mol. The highest BCUT2D eigenvalue weighted by Crippen LogP contribution is 2.31. The van der Waals surface area contributed by atoms with Crippen LogP contribution in [0.15, 0.2) is 52.5 Å². The van der Waals surface area contributed by atoms with Crippen LogP contribution in [0, 0.1) is 0 Å². The van der Waals surface area contributed by atoms with Crippen molar-refractivity contribution in [1.29, 1.82) is 0 Å². The molecule has 0 saturated heterocycles. The SMILES string of the molecule is CO.O=CCc1ccc2cc(CCOC3CC4OC(=O)C=C4C=C3O)cc(O)c(=O)c2c1O. The largest absolute Gasteiger partial charge is 0.510 e. The van der Waals surface area contributed by atoms with E-state index in [2.05, 4.69) is 0 Å². The molecule has 4 rings (SSSR count). The van der Waals surface area contributed by atoms with Crippen LogP contribution in [0.3, 0.4) is 0 Å². The van der Waals surface area contributed by atoms with E-state index in [0.29, 0.717) is 41.2 Å². The Balaban J connectivity index is 0.00000149. The molecule has 174 valence electrons. The van der Waals surface area contributed by atoms with Gasteiger partial charge < -0.3 is 34.7 Å². The number of phenols is 1. The number of hydrogen-bond donors (Lipinski definition) is 4. The number of carbonyl (C=O) groups excluding carboxylic acids is 2. The van der Waals surface area contributed by atoms with E-state index in [1.807, 2.05) is 0 Å². The summed E-state index contributed by atoms with van der Waals surface area (Å²) in [6.45, 7) is 0.163. The molecule has 1 aliphatic heterocycles. The Morgan fingerprint density at radius 3 is 2.61 bits per heavy atom. The lowest BCUT2D eigenvalue weighted by atomic mass is 9.96. The van der Waals surface area contributed by atoms with Crippen LogP contribution in [-0.2, 0) is 31.9 Å². The molecule has 9 nitrogen and oxygen atoms in total. The zero-order valence-electron chi connectivity index (χ0n) is 17.9. The molecule has 33 heavy (non-hydrogen) atoms. The maximum Gasteiger partial charge on any atom is 0.331 e. The van der Waals surface area contributed by atoms with Crippen molar-refractivity contribution in [3.63, 3.8) is 0 Å². The lowest BCUT2D eigenvalue weighted by molar-refractivity contribution is -0.140. The van der Waals surface area contributed by atoms with Crippen molar-refractivity contribution in [2.75, 3.05) is 13.7 Å². The van der Waals surface area contributed by atoms with Crippen LogP contribution in [0.1, 0.15) is 17.5 Å². The molecule has 0 bridgehead atoms. The van der Waals surface area contributed by atoms with Crippen molar-refractivity contribution in [2.45, 2.75) is 31.5 Å². The first-order valence-electron chi connectivity index (χ1n) is 10.2. The number of benzene rings is 1. The van der Waals surface area contributed by atoms with E-state index in [9.17, 15) is 29.7 Å². The van der Waals surface area contributed by atoms with Gasteiger partial charge in [0.25, 0.3) is 0 Å². The fourth-order valence-electron chi connectivity index (χ4n) is 3.86. The zero-order chi connectivity index (χ0) is 24.1. The molecule has 2 aromatic rings. The maximum atomic E-state index is 12.5. The Hall–Kier alpha value is -3.69. The number of hydrogen-bond acceptors (Lipinski definition) is 9. The Morgan fingerprint density at radius 2 is 1.88 bits per heavy atom. The minimum absolute atomic E-state index is 0.00203. The van der Waals surface area contributed by atoms with Crippen LogP contribution in [0.25, 0.3) is 10.8 Å². The second-order valence-corrected chi connectivity index (χ2v) is 7.47. The third-order valence-electron chi connectivity index (χ3n) is 5.42. The molecule has 0 spiro atoms.